The molecule has 3 rings (SSSR count). The van der Waals surface area contributed by atoms with Crippen LogP contribution in [0, 0.1) is 5.92 Å². The second kappa shape index (κ2) is 7.81. The lowest BCUT2D eigenvalue weighted by Gasteiger charge is -2.27. The molecule has 0 aliphatic carbocycles. The van der Waals surface area contributed by atoms with E-state index >= 15 is 0 Å². The third-order valence-corrected chi connectivity index (χ3v) is 5.49. The molecular weight excluding hydrogens is 310 g/mol. The van der Waals surface area contributed by atoms with Gasteiger partial charge in [0, 0.05) is 56.0 Å². The minimum Gasteiger partial charge on any atom is -0.497 e. The monoisotopic (exact) mass is 335 g/mol. The first kappa shape index (κ1) is 16.3. The summed E-state index contributed by atoms with van der Waals surface area (Å²) < 4.78 is 5.30. The number of hydrogen-bond donors (Lipinski definition) is 1. The van der Waals surface area contributed by atoms with Gasteiger partial charge in [-0.25, -0.2) is 4.79 Å². The Morgan fingerprint density at radius 3 is 2.96 bits per heavy atom. The summed E-state index contributed by atoms with van der Waals surface area (Å²) in [7, 11) is 1.69. The molecule has 0 aromatic heterocycles. The van der Waals surface area contributed by atoms with Gasteiger partial charge in [0.25, 0.3) is 0 Å². The quantitative estimate of drug-likeness (QED) is 0.917. The van der Waals surface area contributed by atoms with Crippen LogP contribution in [0.3, 0.4) is 0 Å². The zero-order chi connectivity index (χ0) is 16.1. The van der Waals surface area contributed by atoms with Gasteiger partial charge in [0.15, 0.2) is 0 Å². The van der Waals surface area contributed by atoms with Crippen LogP contribution in [0.1, 0.15) is 6.42 Å². The van der Waals surface area contributed by atoms with Crippen LogP contribution in [0.15, 0.2) is 24.3 Å². The predicted molar refractivity (Wildman–Crippen MR) is 95.6 cm³/mol. The predicted octanol–water partition coefficient (Wildman–Crippen LogP) is 2.28. The van der Waals surface area contributed by atoms with Crippen LogP contribution in [0.5, 0.6) is 5.75 Å². The summed E-state index contributed by atoms with van der Waals surface area (Å²) in [4.78, 5) is 16.5. The van der Waals surface area contributed by atoms with Crippen molar-refractivity contribution in [3.8, 4) is 5.75 Å². The van der Waals surface area contributed by atoms with Gasteiger partial charge in [0.05, 0.1) is 7.11 Å². The van der Waals surface area contributed by atoms with Crippen molar-refractivity contribution in [3.63, 3.8) is 0 Å². The Hall–Kier alpha value is -1.56. The lowest BCUT2D eigenvalue weighted by Crippen LogP contribution is -2.45. The van der Waals surface area contributed by atoms with Crippen molar-refractivity contribution in [2.24, 2.45) is 5.92 Å². The van der Waals surface area contributed by atoms with E-state index in [9.17, 15) is 4.79 Å². The Morgan fingerprint density at radius 1 is 1.35 bits per heavy atom. The number of carbonyl (C=O) groups is 1. The first-order valence-corrected chi connectivity index (χ1v) is 9.41. The number of hydrogen-bond acceptors (Lipinski definition) is 4. The number of ether oxygens (including phenoxy) is 1. The molecule has 0 spiro atoms. The highest BCUT2D eigenvalue weighted by Gasteiger charge is 2.24. The highest BCUT2D eigenvalue weighted by atomic mass is 32.2. The summed E-state index contributed by atoms with van der Waals surface area (Å²) >= 11 is 1.92. The summed E-state index contributed by atoms with van der Waals surface area (Å²) in [5.74, 6) is 3.52. The first-order chi connectivity index (χ1) is 11.3. The Balaban J connectivity index is 1.46. The number of amides is 2. The molecule has 5 nitrogen and oxygen atoms in total. The Kier molecular flexibility index (Phi) is 5.54. The van der Waals surface area contributed by atoms with Crippen LogP contribution < -0.4 is 15.0 Å². The molecule has 2 heterocycles. The zero-order valence-corrected chi connectivity index (χ0v) is 14.5. The number of anilines is 1. The summed E-state index contributed by atoms with van der Waals surface area (Å²) in [6.07, 6.45) is 1.12. The van der Waals surface area contributed by atoms with Crippen molar-refractivity contribution in [2.45, 2.75) is 6.42 Å². The molecule has 0 bridgehead atoms. The molecule has 6 heteroatoms. The van der Waals surface area contributed by atoms with E-state index in [1.807, 2.05) is 28.8 Å². The van der Waals surface area contributed by atoms with Gasteiger partial charge in [-0.1, -0.05) is 6.07 Å². The van der Waals surface area contributed by atoms with Crippen molar-refractivity contribution in [1.29, 1.82) is 0 Å². The fourth-order valence-electron chi connectivity index (χ4n) is 3.15. The number of thioether (sulfide) groups is 1. The van der Waals surface area contributed by atoms with Crippen molar-refractivity contribution in [2.75, 3.05) is 56.2 Å². The summed E-state index contributed by atoms with van der Waals surface area (Å²) in [5, 5.41) is 3.12. The van der Waals surface area contributed by atoms with Crippen LogP contribution in [-0.2, 0) is 0 Å². The largest absolute Gasteiger partial charge is 0.497 e. The van der Waals surface area contributed by atoms with Crippen LogP contribution in [0.25, 0.3) is 0 Å². The van der Waals surface area contributed by atoms with E-state index in [0.29, 0.717) is 5.92 Å². The van der Waals surface area contributed by atoms with Crippen molar-refractivity contribution in [3.05, 3.63) is 24.3 Å². The molecule has 1 N–H and O–H groups in total. The number of rotatable bonds is 4. The van der Waals surface area contributed by atoms with Crippen LogP contribution in [-0.4, -0.2) is 62.3 Å². The molecule has 2 aliphatic heterocycles. The number of carbonyl (C=O) groups excluding carboxylic acids is 1. The van der Waals surface area contributed by atoms with Gasteiger partial charge < -0.3 is 19.9 Å². The molecule has 2 aliphatic rings. The maximum atomic E-state index is 12.2. The van der Waals surface area contributed by atoms with E-state index in [-0.39, 0.29) is 6.03 Å². The average molecular weight is 335 g/mol. The van der Waals surface area contributed by atoms with Gasteiger partial charge in [-0.05, 0) is 24.5 Å². The number of nitrogens with one attached hydrogen (secondary N) is 1. The van der Waals surface area contributed by atoms with Gasteiger partial charge >= 0.3 is 6.03 Å². The van der Waals surface area contributed by atoms with E-state index in [2.05, 4.69) is 22.3 Å². The van der Waals surface area contributed by atoms with Crippen LogP contribution in [0.2, 0.25) is 0 Å². The molecular formula is C17H25N3O2S. The number of benzene rings is 1. The third-order valence-electron chi connectivity index (χ3n) is 4.54. The van der Waals surface area contributed by atoms with Crippen LogP contribution in [0.4, 0.5) is 10.5 Å². The van der Waals surface area contributed by atoms with E-state index in [1.165, 1.54) is 5.69 Å². The lowest BCUT2D eigenvalue weighted by molar-refractivity contribution is 0.201. The van der Waals surface area contributed by atoms with E-state index < -0.39 is 0 Å². The molecule has 2 fully saturated rings. The fourth-order valence-corrected chi connectivity index (χ4v) is 4.05. The van der Waals surface area contributed by atoms with Crippen molar-refractivity contribution in [1.82, 2.24) is 10.2 Å². The number of nitrogens with zero attached hydrogens (tertiary/aromatic N) is 2. The molecule has 1 atom stereocenters. The molecule has 2 amide bonds. The average Bonchev–Trinajstić information content (AvgIpc) is 3.09. The Labute approximate surface area is 142 Å². The van der Waals surface area contributed by atoms with Gasteiger partial charge in [-0.3, -0.25) is 0 Å². The SMILES string of the molecule is COc1cccc(N2CC[C@H](CNC(=O)N3CCSCC3)C2)c1. The van der Waals surface area contributed by atoms with Gasteiger partial charge in [-0.2, -0.15) is 11.8 Å². The molecule has 1 aromatic carbocycles. The summed E-state index contributed by atoms with van der Waals surface area (Å²) in [6, 6.07) is 8.29. The highest BCUT2D eigenvalue weighted by Crippen LogP contribution is 2.26. The first-order valence-electron chi connectivity index (χ1n) is 8.26. The second-order valence-electron chi connectivity index (χ2n) is 6.09. The topological polar surface area (TPSA) is 44.8 Å². The fraction of sp³-hybridized carbons (Fsp3) is 0.588. The molecule has 0 saturated carbocycles. The van der Waals surface area contributed by atoms with Gasteiger partial charge in [0.2, 0.25) is 0 Å². The number of methoxy groups -OCH3 is 1. The Bertz CT molecular complexity index is 534. The normalized spacial score (nSPS) is 21.3. The Morgan fingerprint density at radius 2 is 2.17 bits per heavy atom. The molecule has 2 saturated heterocycles. The molecule has 1 aromatic rings. The zero-order valence-electron chi connectivity index (χ0n) is 13.7. The summed E-state index contributed by atoms with van der Waals surface area (Å²) in [5.41, 5.74) is 1.20. The highest BCUT2D eigenvalue weighted by molar-refractivity contribution is 7.99. The van der Waals surface area contributed by atoms with Crippen molar-refractivity contribution < 1.29 is 9.53 Å². The third kappa shape index (κ3) is 4.25. The maximum Gasteiger partial charge on any atom is 0.317 e. The van der Waals surface area contributed by atoms with Crippen molar-refractivity contribution >= 4 is 23.5 Å². The minimum absolute atomic E-state index is 0.102. The van der Waals surface area contributed by atoms with E-state index in [0.717, 1.165) is 56.4 Å². The molecule has 23 heavy (non-hydrogen) atoms. The van der Waals surface area contributed by atoms with Crippen LogP contribution >= 0.6 is 11.8 Å². The second-order valence-corrected chi connectivity index (χ2v) is 7.31. The van der Waals surface area contributed by atoms with Gasteiger partial charge in [-0.15, -0.1) is 0 Å². The smallest absolute Gasteiger partial charge is 0.317 e. The maximum absolute atomic E-state index is 12.2. The van der Waals surface area contributed by atoms with E-state index in [4.69, 9.17) is 4.74 Å². The molecule has 0 unspecified atom stereocenters. The minimum atomic E-state index is 0.102. The standard InChI is InChI=1S/C17H25N3O2S/c1-22-16-4-2-3-15(11-16)20-6-5-14(13-20)12-18-17(21)19-7-9-23-10-8-19/h2-4,11,14H,5-10,12-13H2,1H3,(H,18,21)/t14-/m1/s1. The molecule has 126 valence electrons. The summed E-state index contributed by atoms with van der Waals surface area (Å²) in [6.45, 7) is 4.54. The number of urea groups is 1. The van der Waals surface area contributed by atoms with E-state index in [1.54, 1.807) is 7.11 Å². The van der Waals surface area contributed by atoms with Gasteiger partial charge in [0.1, 0.15) is 5.75 Å². The lowest BCUT2D eigenvalue weighted by atomic mass is 10.1. The molecule has 0 radical (unpaired) electrons.